The zero-order chi connectivity index (χ0) is 12.8. The summed E-state index contributed by atoms with van der Waals surface area (Å²) < 4.78 is 5.41. The number of ether oxygens (including phenoxy) is 1. The Morgan fingerprint density at radius 3 is 2.00 bits per heavy atom. The molecule has 0 fully saturated rings. The quantitative estimate of drug-likeness (QED) is 0.780. The minimum Gasteiger partial charge on any atom is -0.492 e. The summed E-state index contributed by atoms with van der Waals surface area (Å²) in [6.07, 6.45) is 0. The van der Waals surface area contributed by atoms with Crippen LogP contribution in [0.3, 0.4) is 0 Å². The number of nitrogens with zero attached hydrogens (tertiary/aromatic N) is 1. The van der Waals surface area contributed by atoms with Crippen LogP contribution in [0, 0.1) is 11.3 Å². The van der Waals surface area contributed by atoms with E-state index in [0.717, 1.165) is 16.9 Å². The minimum absolute atomic E-state index is 0.484. The van der Waals surface area contributed by atoms with E-state index in [0.29, 0.717) is 18.1 Å². The number of nitriles is 1. The Hall–Kier alpha value is -1.98. The molecular weight excluding hydrogens is 246 g/mol. The normalized spacial score (nSPS) is 9.78. The highest BCUT2D eigenvalue weighted by Crippen LogP contribution is 2.22. The van der Waals surface area contributed by atoms with Crippen LogP contribution in [0.15, 0.2) is 48.5 Å². The molecule has 0 atom stereocenters. The molecule has 0 aliphatic carbocycles. The van der Waals surface area contributed by atoms with E-state index < -0.39 is 0 Å². The smallest absolute Gasteiger partial charge is 0.119 e. The van der Waals surface area contributed by atoms with Crippen LogP contribution < -0.4 is 4.74 Å². The Labute approximate surface area is 111 Å². The molecule has 3 heteroatoms. The maximum Gasteiger partial charge on any atom is 0.119 e. The number of halogens is 1. The second kappa shape index (κ2) is 6.09. The van der Waals surface area contributed by atoms with Crippen LogP contribution in [0.4, 0.5) is 0 Å². The summed E-state index contributed by atoms with van der Waals surface area (Å²) in [7, 11) is 0. The number of benzene rings is 2. The van der Waals surface area contributed by atoms with Crippen molar-refractivity contribution < 1.29 is 4.74 Å². The lowest BCUT2D eigenvalue weighted by atomic mass is 10.0. The molecule has 0 N–H and O–H groups in total. The first-order chi connectivity index (χ1) is 8.83. The maximum absolute atomic E-state index is 8.74. The number of rotatable bonds is 4. The zero-order valence-corrected chi connectivity index (χ0v) is 10.5. The molecule has 0 amide bonds. The van der Waals surface area contributed by atoms with E-state index in [1.165, 1.54) is 0 Å². The third kappa shape index (κ3) is 3.03. The van der Waals surface area contributed by atoms with E-state index in [2.05, 4.69) is 6.07 Å². The fourth-order valence-electron chi connectivity index (χ4n) is 1.64. The van der Waals surface area contributed by atoms with Gasteiger partial charge in [0.2, 0.25) is 0 Å². The van der Waals surface area contributed by atoms with E-state index in [9.17, 15) is 0 Å². The highest BCUT2D eigenvalue weighted by molar-refractivity contribution is 6.18. The lowest BCUT2D eigenvalue weighted by Crippen LogP contribution is -1.97. The van der Waals surface area contributed by atoms with Gasteiger partial charge in [0.05, 0.1) is 17.5 Å². The van der Waals surface area contributed by atoms with Gasteiger partial charge in [0.15, 0.2) is 0 Å². The standard InChI is InChI=1S/C15H12ClNO/c16-9-10-18-15-7-5-14(6-8-15)13-3-1-12(11-17)2-4-13/h1-8H,9-10H2. The van der Waals surface area contributed by atoms with Crippen molar-refractivity contribution in [3.8, 4) is 22.9 Å². The molecule has 0 unspecified atom stereocenters. The Morgan fingerprint density at radius 1 is 0.944 bits per heavy atom. The van der Waals surface area contributed by atoms with E-state index in [4.69, 9.17) is 21.6 Å². The fraction of sp³-hybridized carbons (Fsp3) is 0.133. The summed E-state index contributed by atoms with van der Waals surface area (Å²) >= 11 is 5.56. The molecule has 0 radical (unpaired) electrons. The van der Waals surface area contributed by atoms with Crippen molar-refractivity contribution in [3.05, 3.63) is 54.1 Å². The number of hydrogen-bond donors (Lipinski definition) is 0. The van der Waals surface area contributed by atoms with Gasteiger partial charge in [-0.15, -0.1) is 11.6 Å². The van der Waals surface area contributed by atoms with Gasteiger partial charge in [-0.05, 0) is 35.4 Å². The Balaban J connectivity index is 2.15. The van der Waals surface area contributed by atoms with Crippen molar-refractivity contribution in [2.75, 3.05) is 12.5 Å². The molecule has 0 aliphatic heterocycles. The van der Waals surface area contributed by atoms with Crippen molar-refractivity contribution in [1.82, 2.24) is 0 Å². The van der Waals surface area contributed by atoms with Gasteiger partial charge in [-0.3, -0.25) is 0 Å². The largest absolute Gasteiger partial charge is 0.492 e. The molecule has 0 aromatic heterocycles. The van der Waals surface area contributed by atoms with Gasteiger partial charge in [-0.1, -0.05) is 24.3 Å². The van der Waals surface area contributed by atoms with Gasteiger partial charge in [-0.2, -0.15) is 5.26 Å². The van der Waals surface area contributed by atoms with Crippen molar-refractivity contribution in [3.63, 3.8) is 0 Å². The summed E-state index contributed by atoms with van der Waals surface area (Å²) in [6.45, 7) is 0.512. The average Bonchev–Trinajstić information content (AvgIpc) is 2.46. The Kier molecular flexibility index (Phi) is 4.22. The molecule has 2 nitrogen and oxygen atoms in total. The molecular formula is C15H12ClNO. The third-order valence-electron chi connectivity index (χ3n) is 2.55. The molecule has 0 aliphatic rings. The van der Waals surface area contributed by atoms with Crippen molar-refractivity contribution in [2.45, 2.75) is 0 Å². The van der Waals surface area contributed by atoms with Gasteiger partial charge in [0.25, 0.3) is 0 Å². The summed E-state index contributed by atoms with van der Waals surface area (Å²) in [5.74, 6) is 1.30. The molecule has 0 spiro atoms. The molecule has 18 heavy (non-hydrogen) atoms. The highest BCUT2D eigenvalue weighted by Gasteiger charge is 1.99. The van der Waals surface area contributed by atoms with Gasteiger partial charge in [-0.25, -0.2) is 0 Å². The summed E-state index contributed by atoms with van der Waals surface area (Å²) in [6, 6.07) is 17.4. The predicted molar refractivity (Wildman–Crippen MR) is 72.8 cm³/mol. The predicted octanol–water partition coefficient (Wildman–Crippen LogP) is 3.84. The zero-order valence-electron chi connectivity index (χ0n) is 9.77. The van der Waals surface area contributed by atoms with Crippen molar-refractivity contribution in [2.24, 2.45) is 0 Å². The highest BCUT2D eigenvalue weighted by atomic mass is 35.5. The van der Waals surface area contributed by atoms with Crippen LogP contribution >= 0.6 is 11.6 Å². The lowest BCUT2D eigenvalue weighted by Gasteiger charge is -2.06. The Bertz CT molecular complexity index is 540. The fourth-order valence-corrected chi connectivity index (χ4v) is 1.71. The SMILES string of the molecule is N#Cc1ccc(-c2ccc(OCCCl)cc2)cc1. The first-order valence-electron chi connectivity index (χ1n) is 5.63. The molecule has 0 heterocycles. The maximum atomic E-state index is 8.74. The van der Waals surface area contributed by atoms with Gasteiger partial charge in [0.1, 0.15) is 12.4 Å². The summed E-state index contributed by atoms with van der Waals surface area (Å²) in [4.78, 5) is 0. The molecule has 90 valence electrons. The Morgan fingerprint density at radius 2 is 1.50 bits per heavy atom. The number of hydrogen-bond acceptors (Lipinski definition) is 2. The van der Waals surface area contributed by atoms with Crippen molar-refractivity contribution in [1.29, 1.82) is 5.26 Å². The lowest BCUT2D eigenvalue weighted by molar-refractivity contribution is 0.343. The molecule has 2 rings (SSSR count). The monoisotopic (exact) mass is 257 g/mol. The van der Waals surface area contributed by atoms with Crippen LogP contribution in [0.1, 0.15) is 5.56 Å². The van der Waals surface area contributed by atoms with E-state index in [1.54, 1.807) is 0 Å². The second-order valence-electron chi connectivity index (χ2n) is 3.75. The van der Waals surface area contributed by atoms with Gasteiger partial charge in [0, 0.05) is 0 Å². The summed E-state index contributed by atoms with van der Waals surface area (Å²) in [5.41, 5.74) is 2.84. The van der Waals surface area contributed by atoms with E-state index in [1.807, 2.05) is 48.5 Å². The van der Waals surface area contributed by atoms with E-state index in [-0.39, 0.29) is 0 Å². The number of alkyl halides is 1. The van der Waals surface area contributed by atoms with Crippen LogP contribution in [-0.4, -0.2) is 12.5 Å². The topological polar surface area (TPSA) is 33.0 Å². The molecule has 2 aromatic carbocycles. The first kappa shape index (κ1) is 12.5. The van der Waals surface area contributed by atoms with Crippen LogP contribution in [-0.2, 0) is 0 Å². The van der Waals surface area contributed by atoms with Gasteiger partial charge >= 0.3 is 0 Å². The van der Waals surface area contributed by atoms with Gasteiger partial charge < -0.3 is 4.74 Å². The van der Waals surface area contributed by atoms with Crippen LogP contribution in [0.25, 0.3) is 11.1 Å². The summed E-state index contributed by atoms with van der Waals surface area (Å²) in [5, 5.41) is 8.74. The molecule has 0 bridgehead atoms. The minimum atomic E-state index is 0.484. The molecule has 0 saturated carbocycles. The van der Waals surface area contributed by atoms with E-state index >= 15 is 0 Å². The van der Waals surface area contributed by atoms with Crippen molar-refractivity contribution >= 4 is 11.6 Å². The molecule has 2 aromatic rings. The van der Waals surface area contributed by atoms with Crippen LogP contribution in [0.5, 0.6) is 5.75 Å². The average molecular weight is 258 g/mol. The second-order valence-corrected chi connectivity index (χ2v) is 4.13. The first-order valence-corrected chi connectivity index (χ1v) is 6.16. The van der Waals surface area contributed by atoms with Crippen LogP contribution in [0.2, 0.25) is 0 Å². The third-order valence-corrected chi connectivity index (χ3v) is 2.70. The molecule has 0 saturated heterocycles.